The molecule has 2 atom stereocenters. The highest BCUT2D eigenvalue weighted by molar-refractivity contribution is 5.95. The smallest absolute Gasteiger partial charge is 0.257 e. The van der Waals surface area contributed by atoms with Crippen molar-refractivity contribution in [2.75, 3.05) is 13.1 Å². The maximum atomic E-state index is 13.0. The molecule has 24 heavy (non-hydrogen) atoms. The first-order valence-electron chi connectivity index (χ1n) is 8.16. The van der Waals surface area contributed by atoms with Gasteiger partial charge in [-0.25, -0.2) is 9.97 Å². The van der Waals surface area contributed by atoms with Crippen LogP contribution in [0, 0.1) is 6.92 Å². The maximum Gasteiger partial charge on any atom is 0.257 e. The lowest BCUT2D eigenvalue weighted by atomic mass is 10.1. The zero-order chi connectivity index (χ0) is 16.7. The van der Waals surface area contributed by atoms with E-state index in [2.05, 4.69) is 20.1 Å². The highest BCUT2D eigenvalue weighted by Crippen LogP contribution is 2.40. The van der Waals surface area contributed by atoms with E-state index >= 15 is 0 Å². The monoisotopic (exact) mass is 329 g/mol. The first kappa shape index (κ1) is 15.2. The first-order valence-corrected chi connectivity index (χ1v) is 8.16. The van der Waals surface area contributed by atoms with Gasteiger partial charge in [-0.15, -0.1) is 0 Å². The normalized spacial score (nSPS) is 24.2. The van der Waals surface area contributed by atoms with Crippen LogP contribution in [0.2, 0.25) is 0 Å². The number of rotatable bonds is 3. The predicted octanol–water partition coefficient (Wildman–Crippen LogP) is 1.65. The molecule has 8 heteroatoms. The Morgan fingerprint density at radius 2 is 2.17 bits per heavy atom. The number of morpholine rings is 1. The second kappa shape index (κ2) is 5.94. The Hall–Kier alpha value is -2.35. The number of carbonyl (C=O) groups excluding carboxylic acids is 1. The van der Waals surface area contributed by atoms with Crippen molar-refractivity contribution in [3.8, 4) is 0 Å². The van der Waals surface area contributed by atoms with Gasteiger partial charge in [-0.05, 0) is 26.7 Å². The van der Waals surface area contributed by atoms with Gasteiger partial charge in [0, 0.05) is 18.7 Å². The largest absolute Gasteiger partial charge is 0.362 e. The third kappa shape index (κ3) is 2.89. The number of hydrogen-bond acceptors (Lipinski definition) is 7. The molecule has 8 nitrogen and oxygen atoms in total. The average molecular weight is 329 g/mol. The van der Waals surface area contributed by atoms with E-state index in [1.165, 1.54) is 6.33 Å². The number of hydrogen-bond donors (Lipinski definition) is 0. The van der Waals surface area contributed by atoms with E-state index in [0.29, 0.717) is 36.3 Å². The summed E-state index contributed by atoms with van der Waals surface area (Å²) in [6, 6.07) is 0. The SMILES string of the molecule is Cc1noc([C@H]2CN(C(=O)c3cncnc3C3CC3)C[C@@H](C)O2)n1. The summed E-state index contributed by atoms with van der Waals surface area (Å²) in [6.45, 7) is 4.58. The standard InChI is InChI=1S/C16H19N5O3/c1-9-6-21(7-13(23-9)15-19-10(2)20-24-15)16(22)12-5-17-8-18-14(12)11-3-4-11/h5,8-9,11,13H,3-4,6-7H2,1-2H3/t9-,13-/m1/s1. The number of aromatic nitrogens is 4. The zero-order valence-corrected chi connectivity index (χ0v) is 13.7. The highest BCUT2D eigenvalue weighted by atomic mass is 16.5. The van der Waals surface area contributed by atoms with Gasteiger partial charge in [-0.3, -0.25) is 4.79 Å². The van der Waals surface area contributed by atoms with Crippen LogP contribution in [0.4, 0.5) is 0 Å². The Bertz CT molecular complexity index is 758. The van der Waals surface area contributed by atoms with Crippen LogP contribution in [0.5, 0.6) is 0 Å². The van der Waals surface area contributed by atoms with Crippen LogP contribution in [0.15, 0.2) is 17.0 Å². The average Bonchev–Trinajstić information content (AvgIpc) is 3.34. The van der Waals surface area contributed by atoms with Crippen LogP contribution in [0.1, 0.15) is 59.6 Å². The lowest BCUT2D eigenvalue weighted by Gasteiger charge is -2.35. The number of amides is 1. The Balaban J connectivity index is 1.57. The van der Waals surface area contributed by atoms with E-state index in [1.807, 2.05) is 6.92 Å². The molecule has 2 aromatic heterocycles. The van der Waals surface area contributed by atoms with Crippen molar-refractivity contribution < 1.29 is 14.1 Å². The van der Waals surface area contributed by atoms with Gasteiger partial charge in [-0.2, -0.15) is 4.98 Å². The number of ether oxygens (including phenoxy) is 1. The molecule has 1 saturated carbocycles. The molecule has 0 spiro atoms. The Morgan fingerprint density at radius 1 is 1.33 bits per heavy atom. The van der Waals surface area contributed by atoms with Crippen LogP contribution in [0.3, 0.4) is 0 Å². The van der Waals surface area contributed by atoms with Crippen molar-refractivity contribution in [1.29, 1.82) is 0 Å². The second-order valence-electron chi connectivity index (χ2n) is 6.42. The molecule has 0 radical (unpaired) electrons. The summed E-state index contributed by atoms with van der Waals surface area (Å²) in [7, 11) is 0. The number of carbonyl (C=O) groups is 1. The van der Waals surface area contributed by atoms with Gasteiger partial charge in [0.25, 0.3) is 11.8 Å². The predicted molar refractivity (Wildman–Crippen MR) is 82.2 cm³/mol. The molecule has 3 heterocycles. The summed E-state index contributed by atoms with van der Waals surface area (Å²) in [5.41, 5.74) is 1.45. The minimum atomic E-state index is -0.409. The highest BCUT2D eigenvalue weighted by Gasteiger charge is 2.36. The molecule has 126 valence electrons. The molecule has 0 aromatic carbocycles. The quantitative estimate of drug-likeness (QED) is 0.845. The minimum Gasteiger partial charge on any atom is -0.362 e. The molecule has 0 unspecified atom stereocenters. The molecule has 1 aliphatic heterocycles. The van der Waals surface area contributed by atoms with Crippen LogP contribution in [0.25, 0.3) is 0 Å². The van der Waals surface area contributed by atoms with E-state index in [9.17, 15) is 4.79 Å². The fourth-order valence-corrected chi connectivity index (χ4v) is 3.05. The minimum absolute atomic E-state index is 0.0612. The Labute approximate surface area is 139 Å². The fourth-order valence-electron chi connectivity index (χ4n) is 3.05. The lowest BCUT2D eigenvalue weighted by Crippen LogP contribution is -2.46. The van der Waals surface area contributed by atoms with E-state index < -0.39 is 6.10 Å². The topological polar surface area (TPSA) is 94.2 Å². The van der Waals surface area contributed by atoms with E-state index in [0.717, 1.165) is 18.5 Å². The zero-order valence-electron chi connectivity index (χ0n) is 13.7. The third-order valence-electron chi connectivity index (χ3n) is 4.30. The summed E-state index contributed by atoms with van der Waals surface area (Å²) < 4.78 is 11.1. The van der Waals surface area contributed by atoms with Crippen molar-refractivity contribution in [1.82, 2.24) is 25.0 Å². The van der Waals surface area contributed by atoms with E-state index in [4.69, 9.17) is 9.26 Å². The molecule has 2 aromatic rings. The van der Waals surface area contributed by atoms with E-state index in [-0.39, 0.29) is 12.0 Å². The van der Waals surface area contributed by atoms with E-state index in [1.54, 1.807) is 18.0 Å². The molecule has 1 amide bonds. The molecule has 0 bridgehead atoms. The van der Waals surface area contributed by atoms with Crippen LogP contribution in [-0.4, -0.2) is 50.1 Å². The van der Waals surface area contributed by atoms with Gasteiger partial charge in [0.2, 0.25) is 0 Å². The second-order valence-corrected chi connectivity index (χ2v) is 6.42. The van der Waals surface area contributed by atoms with Crippen molar-refractivity contribution in [3.63, 3.8) is 0 Å². The van der Waals surface area contributed by atoms with Crippen LogP contribution < -0.4 is 0 Å². The van der Waals surface area contributed by atoms with Gasteiger partial charge in [0.15, 0.2) is 11.9 Å². The molecule has 4 rings (SSSR count). The lowest BCUT2D eigenvalue weighted by molar-refractivity contribution is -0.0810. The van der Waals surface area contributed by atoms with Gasteiger partial charge >= 0.3 is 0 Å². The van der Waals surface area contributed by atoms with Crippen LogP contribution in [-0.2, 0) is 4.74 Å². The van der Waals surface area contributed by atoms with Crippen molar-refractivity contribution in [2.24, 2.45) is 0 Å². The molecule has 1 saturated heterocycles. The van der Waals surface area contributed by atoms with Crippen LogP contribution >= 0.6 is 0 Å². The Morgan fingerprint density at radius 3 is 2.88 bits per heavy atom. The summed E-state index contributed by atoms with van der Waals surface area (Å²) in [4.78, 5) is 27.4. The third-order valence-corrected chi connectivity index (χ3v) is 4.30. The van der Waals surface area contributed by atoms with Gasteiger partial charge in [0.05, 0.1) is 23.9 Å². The summed E-state index contributed by atoms with van der Waals surface area (Å²) in [5, 5.41) is 3.80. The Kier molecular flexibility index (Phi) is 3.76. The first-order chi connectivity index (χ1) is 11.6. The summed E-state index contributed by atoms with van der Waals surface area (Å²) in [5.74, 6) is 1.29. The van der Waals surface area contributed by atoms with Crippen molar-refractivity contribution in [3.05, 3.63) is 35.5 Å². The molecule has 0 N–H and O–H groups in total. The fraction of sp³-hybridized carbons (Fsp3) is 0.562. The number of nitrogens with zero attached hydrogens (tertiary/aromatic N) is 5. The van der Waals surface area contributed by atoms with Gasteiger partial charge in [0.1, 0.15) is 6.33 Å². The molecule has 2 aliphatic rings. The molecule has 2 fully saturated rings. The van der Waals surface area contributed by atoms with Crippen molar-refractivity contribution in [2.45, 2.75) is 44.8 Å². The molecular weight excluding hydrogens is 310 g/mol. The van der Waals surface area contributed by atoms with Gasteiger partial charge < -0.3 is 14.2 Å². The summed E-state index contributed by atoms with van der Waals surface area (Å²) >= 11 is 0. The molecular formula is C16H19N5O3. The van der Waals surface area contributed by atoms with Crippen molar-refractivity contribution >= 4 is 5.91 Å². The molecule has 1 aliphatic carbocycles. The summed E-state index contributed by atoms with van der Waals surface area (Å²) in [6.07, 6.45) is 4.77. The number of aryl methyl sites for hydroxylation is 1. The van der Waals surface area contributed by atoms with Gasteiger partial charge in [-0.1, -0.05) is 5.16 Å². The maximum absolute atomic E-state index is 13.0.